The second-order valence-electron chi connectivity index (χ2n) is 1.92. The molecular weight excluding hydrogens is 120 g/mol. The zero-order chi connectivity index (χ0) is 6.69. The Morgan fingerprint density at radius 2 is 2.56 bits per heavy atom. The standard InChI is InChI=1S/C6H9O3/c1-5(7)8-3-2-6-4-9-6/h2-4H2,1H3. The van der Waals surface area contributed by atoms with Gasteiger partial charge in [0.2, 0.25) is 0 Å². The molecule has 1 heterocycles. The van der Waals surface area contributed by atoms with E-state index in [0.717, 1.165) is 19.1 Å². The third-order valence-corrected chi connectivity index (χ3v) is 1.03. The molecule has 1 rings (SSSR count). The molecule has 3 heteroatoms. The SMILES string of the molecule is CC(=O)OCC[C]1CO1. The van der Waals surface area contributed by atoms with Crippen molar-refractivity contribution in [2.24, 2.45) is 0 Å². The normalized spacial score (nSPS) is 17.4. The lowest BCUT2D eigenvalue weighted by Gasteiger charge is -1.96. The Balaban J connectivity index is 1.86. The Morgan fingerprint density at radius 3 is 3.00 bits per heavy atom. The first-order chi connectivity index (χ1) is 4.29. The van der Waals surface area contributed by atoms with E-state index in [0.29, 0.717) is 6.61 Å². The van der Waals surface area contributed by atoms with Crippen molar-refractivity contribution in [3.63, 3.8) is 0 Å². The topological polar surface area (TPSA) is 38.8 Å². The van der Waals surface area contributed by atoms with Crippen LogP contribution in [0.15, 0.2) is 0 Å². The van der Waals surface area contributed by atoms with Crippen LogP contribution < -0.4 is 0 Å². The van der Waals surface area contributed by atoms with Crippen LogP contribution in [0, 0.1) is 6.10 Å². The fourth-order valence-corrected chi connectivity index (χ4v) is 0.504. The third-order valence-electron chi connectivity index (χ3n) is 1.03. The fraction of sp³-hybridized carbons (Fsp3) is 0.667. The first-order valence-electron chi connectivity index (χ1n) is 2.90. The van der Waals surface area contributed by atoms with E-state index in [2.05, 4.69) is 4.74 Å². The minimum absolute atomic E-state index is 0.226. The average Bonchev–Trinajstić information content (AvgIpc) is 2.48. The van der Waals surface area contributed by atoms with Crippen LogP contribution in [0.5, 0.6) is 0 Å². The maximum atomic E-state index is 10.2. The molecule has 1 aliphatic heterocycles. The lowest BCUT2D eigenvalue weighted by molar-refractivity contribution is -0.140. The van der Waals surface area contributed by atoms with Crippen molar-refractivity contribution in [1.82, 2.24) is 0 Å². The quantitative estimate of drug-likeness (QED) is 0.411. The molecule has 1 saturated heterocycles. The Morgan fingerprint density at radius 1 is 1.89 bits per heavy atom. The van der Waals surface area contributed by atoms with Gasteiger partial charge in [0.05, 0.1) is 13.2 Å². The lowest BCUT2D eigenvalue weighted by Crippen LogP contribution is -2.00. The molecule has 51 valence electrons. The molecule has 0 atom stereocenters. The highest BCUT2D eigenvalue weighted by atomic mass is 16.6. The van der Waals surface area contributed by atoms with Crippen LogP contribution in [0.25, 0.3) is 0 Å². The summed E-state index contributed by atoms with van der Waals surface area (Å²) < 4.78 is 9.47. The van der Waals surface area contributed by atoms with Crippen molar-refractivity contribution >= 4 is 5.97 Å². The van der Waals surface area contributed by atoms with E-state index < -0.39 is 0 Å². The molecule has 0 saturated carbocycles. The molecular formula is C6H9O3. The second kappa shape index (κ2) is 2.82. The van der Waals surface area contributed by atoms with Gasteiger partial charge in [-0.25, -0.2) is 0 Å². The van der Waals surface area contributed by atoms with Gasteiger partial charge in [-0.2, -0.15) is 0 Å². The van der Waals surface area contributed by atoms with Crippen molar-refractivity contribution in [3.05, 3.63) is 6.10 Å². The number of epoxide rings is 1. The second-order valence-corrected chi connectivity index (χ2v) is 1.92. The summed E-state index contributed by atoms with van der Waals surface area (Å²) in [6.45, 7) is 2.62. The molecule has 0 spiro atoms. The molecule has 0 bridgehead atoms. The first-order valence-corrected chi connectivity index (χ1v) is 2.90. The summed E-state index contributed by atoms with van der Waals surface area (Å²) in [6.07, 6.45) is 1.80. The lowest BCUT2D eigenvalue weighted by atomic mass is 10.3. The predicted octanol–water partition coefficient (Wildman–Crippen LogP) is 0.502. The molecule has 0 aromatic carbocycles. The highest BCUT2D eigenvalue weighted by Crippen LogP contribution is 2.22. The molecule has 0 aliphatic carbocycles. The first kappa shape index (κ1) is 6.55. The highest BCUT2D eigenvalue weighted by molar-refractivity contribution is 5.65. The van der Waals surface area contributed by atoms with E-state index in [9.17, 15) is 4.79 Å². The minimum Gasteiger partial charge on any atom is -0.466 e. The van der Waals surface area contributed by atoms with Gasteiger partial charge in [0, 0.05) is 13.3 Å². The van der Waals surface area contributed by atoms with E-state index in [1.54, 1.807) is 0 Å². The molecule has 0 aromatic heterocycles. The highest BCUT2D eigenvalue weighted by Gasteiger charge is 2.23. The van der Waals surface area contributed by atoms with E-state index >= 15 is 0 Å². The van der Waals surface area contributed by atoms with Gasteiger partial charge in [-0.05, 0) is 0 Å². The van der Waals surface area contributed by atoms with Crippen molar-refractivity contribution in [1.29, 1.82) is 0 Å². The third kappa shape index (κ3) is 3.08. The summed E-state index contributed by atoms with van der Waals surface area (Å²) >= 11 is 0. The largest absolute Gasteiger partial charge is 0.466 e. The van der Waals surface area contributed by atoms with Crippen LogP contribution >= 0.6 is 0 Å². The fourth-order valence-electron chi connectivity index (χ4n) is 0.504. The number of ether oxygens (including phenoxy) is 2. The molecule has 3 nitrogen and oxygen atoms in total. The number of esters is 1. The van der Waals surface area contributed by atoms with E-state index in [4.69, 9.17) is 4.74 Å². The Kier molecular flexibility index (Phi) is 2.05. The molecule has 9 heavy (non-hydrogen) atoms. The Hall–Kier alpha value is -0.570. The van der Waals surface area contributed by atoms with E-state index in [-0.39, 0.29) is 5.97 Å². The zero-order valence-electron chi connectivity index (χ0n) is 5.35. The molecule has 1 radical (unpaired) electrons. The van der Waals surface area contributed by atoms with E-state index in [1.165, 1.54) is 6.92 Å². The molecule has 0 aromatic rings. The van der Waals surface area contributed by atoms with Gasteiger partial charge in [0.1, 0.15) is 6.10 Å². The maximum absolute atomic E-state index is 10.2. The minimum atomic E-state index is -0.226. The van der Waals surface area contributed by atoms with Crippen LogP contribution in [0.4, 0.5) is 0 Å². The van der Waals surface area contributed by atoms with Crippen molar-refractivity contribution in [2.45, 2.75) is 13.3 Å². The summed E-state index contributed by atoms with van der Waals surface area (Å²) in [4.78, 5) is 10.2. The van der Waals surface area contributed by atoms with E-state index in [1.807, 2.05) is 0 Å². The summed E-state index contributed by atoms with van der Waals surface area (Å²) in [5.74, 6) is -0.226. The van der Waals surface area contributed by atoms with Gasteiger partial charge < -0.3 is 9.47 Å². The summed E-state index contributed by atoms with van der Waals surface area (Å²) in [6, 6.07) is 0. The van der Waals surface area contributed by atoms with Crippen LogP contribution in [0.1, 0.15) is 13.3 Å². The number of hydrogen-bond acceptors (Lipinski definition) is 3. The monoisotopic (exact) mass is 129 g/mol. The van der Waals surface area contributed by atoms with Crippen molar-refractivity contribution in [2.75, 3.05) is 13.2 Å². The van der Waals surface area contributed by atoms with Crippen LogP contribution in [-0.4, -0.2) is 19.2 Å². The predicted molar refractivity (Wildman–Crippen MR) is 30.4 cm³/mol. The Bertz CT molecular complexity index is 107. The summed E-state index contributed by atoms with van der Waals surface area (Å²) in [5.41, 5.74) is 0. The summed E-state index contributed by atoms with van der Waals surface area (Å²) in [7, 11) is 0. The zero-order valence-corrected chi connectivity index (χ0v) is 5.35. The van der Waals surface area contributed by atoms with Crippen LogP contribution in [-0.2, 0) is 14.3 Å². The van der Waals surface area contributed by atoms with Crippen LogP contribution in [0.2, 0.25) is 0 Å². The van der Waals surface area contributed by atoms with Gasteiger partial charge in [-0.3, -0.25) is 4.79 Å². The number of rotatable bonds is 3. The van der Waals surface area contributed by atoms with Gasteiger partial charge >= 0.3 is 5.97 Å². The maximum Gasteiger partial charge on any atom is 0.302 e. The number of hydrogen-bond donors (Lipinski definition) is 0. The van der Waals surface area contributed by atoms with Gasteiger partial charge in [0.15, 0.2) is 0 Å². The van der Waals surface area contributed by atoms with Crippen LogP contribution in [0.3, 0.4) is 0 Å². The molecule has 0 amide bonds. The van der Waals surface area contributed by atoms with Crippen molar-refractivity contribution in [3.8, 4) is 0 Å². The molecule has 1 aliphatic rings. The van der Waals surface area contributed by atoms with Gasteiger partial charge in [-0.15, -0.1) is 0 Å². The molecule has 0 unspecified atom stereocenters. The summed E-state index contributed by atoms with van der Waals surface area (Å²) in [5, 5.41) is 0. The Labute approximate surface area is 53.9 Å². The molecule has 1 fully saturated rings. The smallest absolute Gasteiger partial charge is 0.302 e. The van der Waals surface area contributed by atoms with Gasteiger partial charge in [0.25, 0.3) is 0 Å². The van der Waals surface area contributed by atoms with Gasteiger partial charge in [-0.1, -0.05) is 0 Å². The molecule has 0 N–H and O–H groups in total. The number of carbonyl (C=O) groups is 1. The number of carbonyl (C=O) groups excluding carboxylic acids is 1. The van der Waals surface area contributed by atoms with Crippen molar-refractivity contribution < 1.29 is 14.3 Å². The average molecular weight is 129 g/mol.